The second-order valence-electron chi connectivity index (χ2n) is 3.48. The molecule has 0 radical (unpaired) electrons. The van der Waals surface area contributed by atoms with Crippen molar-refractivity contribution >= 4 is 27.8 Å². The van der Waals surface area contributed by atoms with Crippen LogP contribution >= 0.6 is 11.3 Å². The molecule has 1 heterocycles. The number of thiophene rings is 1. The molecule has 1 unspecified atom stereocenters. The van der Waals surface area contributed by atoms with Gasteiger partial charge in [0.25, 0.3) is 0 Å². The Morgan fingerprint density at radius 2 is 2.20 bits per heavy atom. The third kappa shape index (κ3) is 1.86. The van der Waals surface area contributed by atoms with Gasteiger partial charge in [-0.1, -0.05) is 18.2 Å². The maximum absolute atomic E-state index is 10.3. The van der Waals surface area contributed by atoms with Gasteiger partial charge >= 0.3 is 0 Å². The summed E-state index contributed by atoms with van der Waals surface area (Å²) in [6, 6.07) is 9.74. The van der Waals surface area contributed by atoms with Crippen molar-refractivity contribution in [2.75, 3.05) is 0 Å². The number of hydrogen-bond donors (Lipinski definition) is 2. The summed E-state index contributed by atoms with van der Waals surface area (Å²) in [4.78, 5) is 11.1. The van der Waals surface area contributed by atoms with Crippen molar-refractivity contribution in [3.05, 3.63) is 35.2 Å². The lowest BCUT2D eigenvalue weighted by atomic mass is 10.2. The summed E-state index contributed by atoms with van der Waals surface area (Å²) in [5.74, 6) is 0. The van der Waals surface area contributed by atoms with Crippen LogP contribution in [-0.4, -0.2) is 11.5 Å². The summed E-state index contributed by atoms with van der Waals surface area (Å²) < 4.78 is 1.10. The van der Waals surface area contributed by atoms with Gasteiger partial charge in [-0.25, -0.2) is 0 Å². The molecule has 4 heteroatoms. The molecule has 0 aliphatic rings. The summed E-state index contributed by atoms with van der Waals surface area (Å²) in [7, 11) is 0. The molecule has 15 heavy (non-hydrogen) atoms. The van der Waals surface area contributed by atoms with Gasteiger partial charge < -0.3 is 10.4 Å². The number of rotatable bonds is 3. The maximum Gasteiger partial charge on any atom is 0.209 e. The Bertz CT molecular complexity index is 457. The van der Waals surface area contributed by atoms with E-state index in [1.807, 2.05) is 30.3 Å². The normalized spacial score (nSPS) is 14.8. The number of hydrogen-bond acceptors (Lipinski definition) is 3. The first-order valence-corrected chi connectivity index (χ1v) is 5.38. The lowest BCUT2D eigenvalue weighted by Crippen LogP contribution is -2.37. The summed E-state index contributed by atoms with van der Waals surface area (Å²) in [6.07, 6.45) is 0.504. The Balaban J connectivity index is 2.48. The van der Waals surface area contributed by atoms with Gasteiger partial charge in [0.2, 0.25) is 6.41 Å². The van der Waals surface area contributed by atoms with Gasteiger partial charge in [0.05, 0.1) is 4.88 Å². The highest BCUT2D eigenvalue weighted by atomic mass is 32.1. The first-order chi connectivity index (χ1) is 7.13. The minimum atomic E-state index is -1.29. The van der Waals surface area contributed by atoms with Crippen molar-refractivity contribution in [3.63, 3.8) is 0 Å². The van der Waals surface area contributed by atoms with Gasteiger partial charge in [-0.3, -0.25) is 4.79 Å². The molecule has 2 aromatic rings. The van der Waals surface area contributed by atoms with E-state index in [1.165, 1.54) is 11.3 Å². The van der Waals surface area contributed by atoms with Gasteiger partial charge in [0.15, 0.2) is 5.72 Å². The standard InChI is InChI=1S/C11H11NO2S/c1-11(14,12-7-13)10-6-8-4-2-3-5-9(8)15-10/h2-7,14H,1H3,(H,12,13). The molecule has 2 N–H and O–H groups in total. The zero-order chi connectivity index (χ0) is 10.9. The molecule has 0 aliphatic carbocycles. The molecule has 1 aromatic carbocycles. The van der Waals surface area contributed by atoms with E-state index in [-0.39, 0.29) is 0 Å². The minimum absolute atomic E-state index is 0.504. The predicted molar refractivity (Wildman–Crippen MR) is 60.6 cm³/mol. The zero-order valence-electron chi connectivity index (χ0n) is 8.23. The van der Waals surface area contributed by atoms with Crippen LogP contribution in [-0.2, 0) is 10.5 Å². The van der Waals surface area contributed by atoms with E-state index in [1.54, 1.807) is 6.92 Å². The SMILES string of the molecule is CC(O)(NC=O)c1cc2ccccc2s1. The van der Waals surface area contributed by atoms with Crippen molar-refractivity contribution in [1.29, 1.82) is 0 Å². The number of fused-ring (bicyclic) bond motifs is 1. The highest BCUT2D eigenvalue weighted by Crippen LogP contribution is 2.31. The van der Waals surface area contributed by atoms with E-state index in [2.05, 4.69) is 5.32 Å². The lowest BCUT2D eigenvalue weighted by molar-refractivity contribution is -0.116. The van der Waals surface area contributed by atoms with E-state index in [0.29, 0.717) is 6.41 Å². The van der Waals surface area contributed by atoms with Gasteiger partial charge in [-0.15, -0.1) is 11.3 Å². The number of carbonyl (C=O) groups is 1. The Hall–Kier alpha value is -1.39. The number of nitrogens with one attached hydrogen (secondary N) is 1. The van der Waals surface area contributed by atoms with E-state index in [9.17, 15) is 9.90 Å². The number of aliphatic hydroxyl groups is 1. The Kier molecular flexibility index (Phi) is 2.46. The van der Waals surface area contributed by atoms with Crippen LogP contribution in [0.1, 0.15) is 11.8 Å². The predicted octanol–water partition coefficient (Wildman–Crippen LogP) is 1.81. The first kappa shape index (κ1) is 10.1. The van der Waals surface area contributed by atoms with Crippen LogP contribution in [0.2, 0.25) is 0 Å². The van der Waals surface area contributed by atoms with Crippen molar-refractivity contribution < 1.29 is 9.90 Å². The topological polar surface area (TPSA) is 49.3 Å². The van der Waals surface area contributed by atoms with Crippen LogP contribution in [0.3, 0.4) is 0 Å². The van der Waals surface area contributed by atoms with Gasteiger partial charge in [0.1, 0.15) is 0 Å². The van der Waals surface area contributed by atoms with Crippen LogP contribution in [0.15, 0.2) is 30.3 Å². The second kappa shape index (κ2) is 3.64. The van der Waals surface area contributed by atoms with Gasteiger partial charge in [-0.05, 0) is 24.4 Å². The molecular formula is C11H11NO2S. The Morgan fingerprint density at radius 1 is 1.47 bits per heavy atom. The zero-order valence-corrected chi connectivity index (χ0v) is 9.04. The van der Waals surface area contributed by atoms with Crippen molar-refractivity contribution in [2.24, 2.45) is 0 Å². The fourth-order valence-electron chi connectivity index (χ4n) is 1.41. The molecule has 2 rings (SSSR count). The molecular weight excluding hydrogens is 210 g/mol. The monoisotopic (exact) mass is 221 g/mol. The summed E-state index contributed by atoms with van der Waals surface area (Å²) >= 11 is 1.47. The quantitative estimate of drug-likeness (QED) is 0.613. The molecule has 3 nitrogen and oxygen atoms in total. The van der Waals surface area contributed by atoms with Crippen LogP contribution in [0.4, 0.5) is 0 Å². The molecule has 1 atom stereocenters. The molecule has 0 bridgehead atoms. The van der Waals surface area contributed by atoms with E-state index in [4.69, 9.17) is 0 Å². The molecule has 1 amide bonds. The minimum Gasteiger partial charge on any atom is -0.366 e. The molecule has 0 spiro atoms. The van der Waals surface area contributed by atoms with Crippen LogP contribution in [0.5, 0.6) is 0 Å². The molecule has 1 aromatic heterocycles. The smallest absolute Gasteiger partial charge is 0.209 e. The van der Waals surface area contributed by atoms with Gasteiger partial charge in [-0.2, -0.15) is 0 Å². The molecule has 78 valence electrons. The fraction of sp³-hybridized carbons (Fsp3) is 0.182. The fourth-order valence-corrected chi connectivity index (χ4v) is 2.48. The summed E-state index contributed by atoms with van der Waals surface area (Å²) in [5, 5.41) is 13.4. The van der Waals surface area contributed by atoms with Gasteiger partial charge in [0, 0.05) is 4.70 Å². The average Bonchev–Trinajstić information content (AvgIpc) is 2.61. The highest BCUT2D eigenvalue weighted by molar-refractivity contribution is 7.19. The summed E-state index contributed by atoms with van der Waals surface area (Å²) in [6.45, 7) is 1.56. The van der Waals surface area contributed by atoms with Crippen molar-refractivity contribution in [2.45, 2.75) is 12.6 Å². The Labute approximate surface area is 91.4 Å². The maximum atomic E-state index is 10.3. The largest absolute Gasteiger partial charge is 0.366 e. The van der Waals surface area contributed by atoms with E-state index < -0.39 is 5.72 Å². The summed E-state index contributed by atoms with van der Waals surface area (Å²) in [5.41, 5.74) is -1.29. The van der Waals surface area contributed by atoms with E-state index in [0.717, 1.165) is 15.0 Å². The van der Waals surface area contributed by atoms with Crippen molar-refractivity contribution in [1.82, 2.24) is 5.32 Å². The average molecular weight is 221 g/mol. The van der Waals surface area contributed by atoms with Crippen molar-refractivity contribution in [3.8, 4) is 0 Å². The third-order valence-electron chi connectivity index (χ3n) is 2.25. The third-order valence-corrected chi connectivity index (χ3v) is 3.57. The lowest BCUT2D eigenvalue weighted by Gasteiger charge is -2.20. The number of benzene rings is 1. The molecule has 0 saturated heterocycles. The van der Waals surface area contributed by atoms with Crippen LogP contribution in [0, 0.1) is 0 Å². The molecule has 0 fully saturated rings. The first-order valence-electron chi connectivity index (χ1n) is 4.56. The molecule has 0 saturated carbocycles. The Morgan fingerprint density at radius 3 is 2.87 bits per heavy atom. The molecule has 0 aliphatic heterocycles. The van der Waals surface area contributed by atoms with E-state index >= 15 is 0 Å². The second-order valence-corrected chi connectivity index (χ2v) is 4.57. The number of amides is 1. The number of carbonyl (C=O) groups excluding carboxylic acids is 1. The van der Waals surface area contributed by atoms with Crippen LogP contribution < -0.4 is 5.32 Å². The van der Waals surface area contributed by atoms with Crippen LogP contribution in [0.25, 0.3) is 10.1 Å². The highest BCUT2D eigenvalue weighted by Gasteiger charge is 2.24.